The maximum absolute atomic E-state index is 13.0. The van der Waals surface area contributed by atoms with E-state index in [2.05, 4.69) is 5.32 Å². The first-order chi connectivity index (χ1) is 11.2. The molecule has 1 aromatic carbocycles. The van der Waals surface area contributed by atoms with Crippen molar-refractivity contribution in [1.82, 2.24) is 10.2 Å². The highest BCUT2D eigenvalue weighted by molar-refractivity contribution is 5.91. The van der Waals surface area contributed by atoms with Crippen molar-refractivity contribution in [2.75, 3.05) is 19.6 Å². The van der Waals surface area contributed by atoms with E-state index in [9.17, 15) is 14.0 Å². The summed E-state index contributed by atoms with van der Waals surface area (Å²) in [6.07, 6.45) is 2.46. The number of rotatable bonds is 6. The number of likely N-dealkylation sites (N-methyl/N-ethyl adjacent to an activating group) is 1. The number of amides is 2. The zero-order chi connectivity index (χ0) is 18.2. The van der Waals surface area contributed by atoms with Crippen molar-refractivity contribution in [1.29, 1.82) is 0 Å². The van der Waals surface area contributed by atoms with Gasteiger partial charge in [0.15, 0.2) is 0 Å². The van der Waals surface area contributed by atoms with Crippen molar-refractivity contribution in [3.05, 3.63) is 41.7 Å². The second kappa shape index (κ2) is 9.05. The molecule has 0 aliphatic carbocycles. The molecule has 0 atom stereocenters. The smallest absolute Gasteiger partial charge is 0.410 e. The van der Waals surface area contributed by atoms with Gasteiger partial charge in [-0.15, -0.1) is 0 Å². The lowest BCUT2D eigenvalue weighted by molar-refractivity contribution is -0.116. The van der Waals surface area contributed by atoms with Crippen molar-refractivity contribution in [3.8, 4) is 0 Å². The lowest BCUT2D eigenvalue weighted by Crippen LogP contribution is -2.41. The molecule has 6 heteroatoms. The molecule has 1 N–H and O–H groups in total. The summed E-state index contributed by atoms with van der Waals surface area (Å²) < 4.78 is 18.3. The molecule has 0 saturated heterocycles. The second-order valence-electron chi connectivity index (χ2n) is 6.24. The van der Waals surface area contributed by atoms with Gasteiger partial charge in [0.25, 0.3) is 0 Å². The molecule has 2 amide bonds. The molecule has 1 aromatic rings. The first kappa shape index (κ1) is 19.7. The minimum Gasteiger partial charge on any atom is -0.444 e. The average Bonchev–Trinajstić information content (AvgIpc) is 2.47. The summed E-state index contributed by atoms with van der Waals surface area (Å²) in [5.74, 6) is -0.659. The van der Waals surface area contributed by atoms with Crippen LogP contribution in [0.15, 0.2) is 30.3 Å². The van der Waals surface area contributed by atoms with Crippen LogP contribution in [-0.2, 0) is 9.53 Å². The van der Waals surface area contributed by atoms with Gasteiger partial charge >= 0.3 is 6.09 Å². The molecule has 24 heavy (non-hydrogen) atoms. The third kappa shape index (κ3) is 7.76. The number of carbonyl (C=O) groups excluding carboxylic acids is 2. The van der Waals surface area contributed by atoms with Gasteiger partial charge in [-0.2, -0.15) is 0 Å². The van der Waals surface area contributed by atoms with E-state index in [1.54, 1.807) is 32.9 Å². The molecule has 0 saturated carbocycles. The van der Waals surface area contributed by atoms with E-state index in [1.807, 2.05) is 6.92 Å². The Morgan fingerprint density at radius 2 is 2.04 bits per heavy atom. The number of benzene rings is 1. The minimum absolute atomic E-state index is 0.305. The summed E-state index contributed by atoms with van der Waals surface area (Å²) >= 11 is 0. The maximum Gasteiger partial charge on any atom is 0.410 e. The molecule has 0 heterocycles. The average molecular weight is 336 g/mol. The Morgan fingerprint density at radius 1 is 1.33 bits per heavy atom. The standard InChI is InChI=1S/C18H25FN2O3/c1-5-21(17(23)24-18(2,3)4)12-11-20-16(22)10-9-14-7-6-8-15(19)13-14/h6-10,13H,5,11-12H2,1-4H3,(H,20,22)/b10-9+. The Morgan fingerprint density at radius 3 is 2.62 bits per heavy atom. The Balaban J connectivity index is 2.42. The monoisotopic (exact) mass is 336 g/mol. The zero-order valence-electron chi connectivity index (χ0n) is 14.6. The highest BCUT2D eigenvalue weighted by Crippen LogP contribution is 2.09. The number of halogens is 1. The van der Waals surface area contributed by atoms with E-state index in [-0.39, 0.29) is 11.7 Å². The Labute approximate surface area is 142 Å². The molecule has 5 nitrogen and oxygen atoms in total. The number of carbonyl (C=O) groups is 2. The number of hydrogen-bond acceptors (Lipinski definition) is 3. The van der Waals surface area contributed by atoms with Crippen LogP contribution < -0.4 is 5.32 Å². The van der Waals surface area contributed by atoms with Crippen LogP contribution in [0, 0.1) is 5.82 Å². The third-order valence-corrected chi connectivity index (χ3v) is 2.99. The van der Waals surface area contributed by atoms with Crippen LogP contribution in [0.4, 0.5) is 9.18 Å². The molecular formula is C18H25FN2O3. The van der Waals surface area contributed by atoms with Gasteiger partial charge in [-0.05, 0) is 51.5 Å². The fraction of sp³-hybridized carbons (Fsp3) is 0.444. The fourth-order valence-corrected chi connectivity index (χ4v) is 1.86. The van der Waals surface area contributed by atoms with E-state index >= 15 is 0 Å². The normalized spacial score (nSPS) is 11.4. The van der Waals surface area contributed by atoms with Crippen LogP contribution >= 0.6 is 0 Å². The Hall–Kier alpha value is -2.37. The van der Waals surface area contributed by atoms with Gasteiger partial charge in [-0.1, -0.05) is 12.1 Å². The van der Waals surface area contributed by atoms with E-state index < -0.39 is 11.7 Å². The van der Waals surface area contributed by atoms with Crippen molar-refractivity contribution in [2.24, 2.45) is 0 Å². The van der Waals surface area contributed by atoms with Crippen LogP contribution in [0.5, 0.6) is 0 Å². The largest absolute Gasteiger partial charge is 0.444 e. The molecule has 0 radical (unpaired) electrons. The summed E-state index contributed by atoms with van der Waals surface area (Å²) in [7, 11) is 0. The van der Waals surface area contributed by atoms with Crippen LogP contribution in [0.25, 0.3) is 6.08 Å². The molecule has 0 aromatic heterocycles. The van der Waals surface area contributed by atoms with Gasteiger partial charge in [0.05, 0.1) is 0 Å². The van der Waals surface area contributed by atoms with Crippen molar-refractivity contribution in [3.63, 3.8) is 0 Å². The van der Waals surface area contributed by atoms with Crippen LogP contribution in [-0.4, -0.2) is 42.1 Å². The maximum atomic E-state index is 13.0. The first-order valence-corrected chi connectivity index (χ1v) is 7.90. The zero-order valence-corrected chi connectivity index (χ0v) is 14.6. The van der Waals surface area contributed by atoms with E-state index in [1.165, 1.54) is 29.2 Å². The molecule has 132 valence electrons. The van der Waals surface area contributed by atoms with Gasteiger partial charge in [0.2, 0.25) is 5.91 Å². The predicted molar refractivity (Wildman–Crippen MR) is 91.9 cm³/mol. The molecule has 1 rings (SSSR count). The summed E-state index contributed by atoms with van der Waals surface area (Å²) in [6, 6.07) is 5.96. The molecule has 0 unspecified atom stereocenters. The second-order valence-corrected chi connectivity index (χ2v) is 6.24. The Kier molecular flexibility index (Phi) is 7.42. The van der Waals surface area contributed by atoms with Crippen LogP contribution in [0.2, 0.25) is 0 Å². The van der Waals surface area contributed by atoms with Crippen LogP contribution in [0.1, 0.15) is 33.3 Å². The fourth-order valence-electron chi connectivity index (χ4n) is 1.86. The van der Waals surface area contributed by atoms with Crippen LogP contribution in [0.3, 0.4) is 0 Å². The summed E-state index contributed by atoms with van der Waals surface area (Å²) in [6.45, 7) is 8.40. The minimum atomic E-state index is -0.554. The van der Waals surface area contributed by atoms with Gasteiger partial charge in [-0.25, -0.2) is 9.18 Å². The van der Waals surface area contributed by atoms with Gasteiger partial charge in [0, 0.05) is 25.7 Å². The number of nitrogens with zero attached hydrogens (tertiary/aromatic N) is 1. The van der Waals surface area contributed by atoms with Gasteiger partial charge in [-0.3, -0.25) is 4.79 Å². The third-order valence-electron chi connectivity index (χ3n) is 2.99. The van der Waals surface area contributed by atoms with E-state index in [4.69, 9.17) is 4.74 Å². The topological polar surface area (TPSA) is 58.6 Å². The molecule has 0 spiro atoms. The highest BCUT2D eigenvalue weighted by atomic mass is 19.1. The number of nitrogens with one attached hydrogen (secondary N) is 1. The Bertz CT molecular complexity index is 594. The van der Waals surface area contributed by atoms with Crippen molar-refractivity contribution < 1.29 is 18.7 Å². The number of hydrogen-bond donors (Lipinski definition) is 1. The molecule has 0 fully saturated rings. The highest BCUT2D eigenvalue weighted by Gasteiger charge is 2.20. The van der Waals surface area contributed by atoms with E-state index in [0.717, 1.165) is 0 Å². The lowest BCUT2D eigenvalue weighted by Gasteiger charge is -2.26. The van der Waals surface area contributed by atoms with Gasteiger partial charge in [0.1, 0.15) is 11.4 Å². The molecule has 0 aliphatic rings. The molecular weight excluding hydrogens is 311 g/mol. The first-order valence-electron chi connectivity index (χ1n) is 7.90. The molecule has 0 bridgehead atoms. The SMILES string of the molecule is CCN(CCNC(=O)/C=C/c1cccc(F)c1)C(=O)OC(C)(C)C. The summed E-state index contributed by atoms with van der Waals surface area (Å²) in [4.78, 5) is 25.2. The molecule has 0 aliphatic heterocycles. The van der Waals surface area contributed by atoms with E-state index in [0.29, 0.717) is 25.2 Å². The predicted octanol–water partition coefficient (Wildman–Crippen LogP) is 3.21. The van der Waals surface area contributed by atoms with Crippen molar-refractivity contribution in [2.45, 2.75) is 33.3 Å². The quantitative estimate of drug-likeness (QED) is 0.812. The lowest BCUT2D eigenvalue weighted by atomic mass is 10.2. The van der Waals surface area contributed by atoms with Gasteiger partial charge < -0.3 is 15.0 Å². The summed E-state index contributed by atoms with van der Waals surface area (Å²) in [5, 5.41) is 2.68. The number of ether oxygens (including phenoxy) is 1. The summed E-state index contributed by atoms with van der Waals surface area (Å²) in [5.41, 5.74) is 0.0515. The van der Waals surface area contributed by atoms with Crippen molar-refractivity contribution >= 4 is 18.1 Å².